The number of aliphatic carboxylic acids is 1. The van der Waals surface area contributed by atoms with Crippen LogP contribution in [0.3, 0.4) is 0 Å². The molecule has 0 aliphatic carbocycles. The van der Waals surface area contributed by atoms with Crippen molar-refractivity contribution < 1.29 is 24.4 Å². The monoisotopic (exact) mass is 227 g/mol. The average Bonchev–Trinajstić information content (AvgIpc) is 2.16. The summed E-state index contributed by atoms with van der Waals surface area (Å²) in [4.78, 5) is 37.1. The van der Waals surface area contributed by atoms with Gasteiger partial charge in [0.1, 0.15) is 12.6 Å². The van der Waals surface area contributed by atoms with Gasteiger partial charge in [-0.25, -0.2) is 4.98 Å². The second-order valence-electron chi connectivity index (χ2n) is 2.51. The standard InChI is InChI=1S/C7H5N3O6/c11-6(12)1-7(13)16-5-3-8-4(2-9-5)10(14)15/h2-3H,1H2,(H,11,12). The molecule has 0 radical (unpaired) electrons. The maximum atomic E-state index is 10.8. The molecule has 9 heteroatoms. The highest BCUT2D eigenvalue weighted by Crippen LogP contribution is 2.09. The molecule has 0 atom stereocenters. The Morgan fingerprint density at radius 2 is 2.12 bits per heavy atom. The molecule has 0 fully saturated rings. The minimum Gasteiger partial charge on any atom is -0.481 e. The number of carbonyl (C=O) groups excluding carboxylic acids is 1. The van der Waals surface area contributed by atoms with E-state index in [2.05, 4.69) is 14.7 Å². The van der Waals surface area contributed by atoms with E-state index in [1.807, 2.05) is 0 Å². The first-order chi connectivity index (χ1) is 7.49. The van der Waals surface area contributed by atoms with Crippen LogP contribution >= 0.6 is 0 Å². The highest BCUT2D eigenvalue weighted by Gasteiger charge is 2.14. The van der Waals surface area contributed by atoms with Gasteiger partial charge >= 0.3 is 17.8 Å². The van der Waals surface area contributed by atoms with Crippen molar-refractivity contribution in [3.05, 3.63) is 22.5 Å². The number of aromatic nitrogens is 2. The molecule has 0 amide bonds. The van der Waals surface area contributed by atoms with Crippen LogP contribution in [0.2, 0.25) is 0 Å². The Morgan fingerprint density at radius 3 is 2.56 bits per heavy atom. The van der Waals surface area contributed by atoms with Crippen molar-refractivity contribution >= 4 is 17.8 Å². The molecule has 1 rings (SSSR count). The van der Waals surface area contributed by atoms with E-state index in [0.717, 1.165) is 12.4 Å². The molecular weight excluding hydrogens is 222 g/mol. The third-order valence-corrected chi connectivity index (χ3v) is 1.32. The molecule has 0 unspecified atom stereocenters. The molecule has 0 bridgehead atoms. The number of ether oxygens (including phenoxy) is 1. The van der Waals surface area contributed by atoms with Crippen molar-refractivity contribution in [3.63, 3.8) is 0 Å². The van der Waals surface area contributed by atoms with Crippen LogP contribution in [0.1, 0.15) is 6.42 Å². The molecule has 9 nitrogen and oxygen atoms in total. The van der Waals surface area contributed by atoms with Gasteiger partial charge < -0.3 is 20.0 Å². The lowest BCUT2D eigenvalue weighted by molar-refractivity contribution is -0.389. The quantitative estimate of drug-likeness (QED) is 0.322. The summed E-state index contributed by atoms with van der Waals surface area (Å²) in [6.07, 6.45) is 0.833. The summed E-state index contributed by atoms with van der Waals surface area (Å²) in [6, 6.07) is 0. The number of carbonyl (C=O) groups is 2. The molecule has 1 aromatic rings. The van der Waals surface area contributed by atoms with E-state index in [0.29, 0.717) is 0 Å². The van der Waals surface area contributed by atoms with Crippen molar-refractivity contribution in [2.75, 3.05) is 0 Å². The summed E-state index contributed by atoms with van der Waals surface area (Å²) in [7, 11) is 0. The molecule has 0 spiro atoms. The van der Waals surface area contributed by atoms with Gasteiger partial charge in [-0.1, -0.05) is 0 Å². The van der Waals surface area contributed by atoms with Gasteiger partial charge in [-0.05, 0) is 9.91 Å². The van der Waals surface area contributed by atoms with Gasteiger partial charge in [0.2, 0.25) is 6.20 Å². The molecule has 84 valence electrons. The van der Waals surface area contributed by atoms with Crippen molar-refractivity contribution in [3.8, 4) is 5.88 Å². The number of rotatable bonds is 4. The topological polar surface area (TPSA) is 133 Å². The average molecular weight is 227 g/mol. The van der Waals surface area contributed by atoms with E-state index in [4.69, 9.17) is 5.11 Å². The molecule has 1 aromatic heterocycles. The van der Waals surface area contributed by atoms with Crippen LogP contribution in [-0.2, 0) is 9.59 Å². The van der Waals surface area contributed by atoms with Gasteiger partial charge in [0, 0.05) is 0 Å². The van der Waals surface area contributed by atoms with Crippen LogP contribution in [0.15, 0.2) is 12.4 Å². The molecular formula is C7H5N3O6. The summed E-state index contributed by atoms with van der Waals surface area (Å²) < 4.78 is 4.44. The van der Waals surface area contributed by atoms with Gasteiger partial charge in [-0.2, -0.15) is 0 Å². The smallest absolute Gasteiger partial charge is 0.382 e. The number of nitrogens with zero attached hydrogens (tertiary/aromatic N) is 3. The van der Waals surface area contributed by atoms with Gasteiger partial charge in [0.15, 0.2) is 0 Å². The highest BCUT2D eigenvalue weighted by molar-refractivity contribution is 5.90. The zero-order valence-corrected chi connectivity index (χ0v) is 7.69. The van der Waals surface area contributed by atoms with Gasteiger partial charge in [0.05, 0.1) is 0 Å². The zero-order valence-electron chi connectivity index (χ0n) is 7.69. The fraction of sp³-hybridized carbons (Fsp3) is 0.143. The number of hydrogen-bond acceptors (Lipinski definition) is 7. The fourth-order valence-corrected chi connectivity index (χ4v) is 0.733. The first kappa shape index (κ1) is 11.5. The molecule has 0 saturated carbocycles. The molecule has 1 N–H and O–H groups in total. The van der Waals surface area contributed by atoms with Crippen molar-refractivity contribution in [2.45, 2.75) is 6.42 Å². The number of esters is 1. The predicted octanol–water partition coefficient (Wildman–Crippen LogP) is -0.235. The SMILES string of the molecule is O=C(O)CC(=O)Oc1cnc([N+](=O)[O-])cn1. The van der Waals surface area contributed by atoms with Crippen LogP contribution < -0.4 is 4.74 Å². The second-order valence-corrected chi connectivity index (χ2v) is 2.51. The number of hydrogen-bond donors (Lipinski definition) is 1. The minimum absolute atomic E-state index is 0.295. The van der Waals surface area contributed by atoms with Gasteiger partial charge in [-0.15, -0.1) is 0 Å². The Labute approximate surface area is 87.8 Å². The van der Waals surface area contributed by atoms with Crippen molar-refractivity contribution in [1.82, 2.24) is 9.97 Å². The first-order valence-electron chi connectivity index (χ1n) is 3.88. The lowest BCUT2D eigenvalue weighted by Gasteiger charge is -1.98. The lowest BCUT2D eigenvalue weighted by Crippen LogP contribution is -2.14. The summed E-state index contributed by atoms with van der Waals surface area (Å²) in [5.41, 5.74) is 0. The van der Waals surface area contributed by atoms with Crippen LogP contribution in [0.5, 0.6) is 5.88 Å². The van der Waals surface area contributed by atoms with Crippen LogP contribution in [-0.4, -0.2) is 31.9 Å². The Kier molecular flexibility index (Phi) is 3.43. The molecule has 0 aliphatic heterocycles. The Hall–Kier alpha value is -2.58. The summed E-state index contributed by atoms with van der Waals surface area (Å²) >= 11 is 0. The lowest BCUT2D eigenvalue weighted by atomic mass is 10.4. The summed E-state index contributed by atoms with van der Waals surface area (Å²) in [6.45, 7) is 0. The summed E-state index contributed by atoms with van der Waals surface area (Å²) in [5, 5.41) is 18.5. The van der Waals surface area contributed by atoms with E-state index in [-0.39, 0.29) is 5.88 Å². The third kappa shape index (κ3) is 3.29. The van der Waals surface area contributed by atoms with Crippen LogP contribution in [0.25, 0.3) is 0 Å². The second kappa shape index (κ2) is 4.77. The fourth-order valence-electron chi connectivity index (χ4n) is 0.733. The van der Waals surface area contributed by atoms with Gasteiger partial charge in [0.25, 0.3) is 5.88 Å². The van der Waals surface area contributed by atoms with E-state index < -0.39 is 29.1 Å². The van der Waals surface area contributed by atoms with Crippen molar-refractivity contribution in [2.24, 2.45) is 0 Å². The van der Waals surface area contributed by atoms with E-state index in [9.17, 15) is 19.7 Å². The maximum absolute atomic E-state index is 10.8. The molecule has 16 heavy (non-hydrogen) atoms. The molecule has 1 heterocycles. The largest absolute Gasteiger partial charge is 0.481 e. The number of carboxylic acid groups (broad SMARTS) is 1. The molecule has 0 aromatic carbocycles. The predicted molar refractivity (Wildman–Crippen MR) is 46.6 cm³/mol. The van der Waals surface area contributed by atoms with Crippen LogP contribution in [0.4, 0.5) is 5.82 Å². The Balaban J connectivity index is 2.65. The van der Waals surface area contributed by atoms with Crippen molar-refractivity contribution in [1.29, 1.82) is 0 Å². The Bertz CT molecular complexity index is 428. The highest BCUT2D eigenvalue weighted by atomic mass is 16.6. The zero-order chi connectivity index (χ0) is 12.1. The number of nitro groups is 1. The Morgan fingerprint density at radius 1 is 1.44 bits per heavy atom. The first-order valence-corrected chi connectivity index (χ1v) is 3.88. The third-order valence-electron chi connectivity index (χ3n) is 1.32. The molecule has 0 aliphatic rings. The molecule has 0 saturated heterocycles. The summed E-state index contributed by atoms with van der Waals surface area (Å²) in [5.74, 6) is -3.18. The normalized spacial score (nSPS) is 9.50. The van der Waals surface area contributed by atoms with Gasteiger partial charge in [-0.3, -0.25) is 9.59 Å². The van der Waals surface area contributed by atoms with Crippen LogP contribution in [0, 0.1) is 10.1 Å². The van der Waals surface area contributed by atoms with E-state index in [1.165, 1.54) is 0 Å². The van der Waals surface area contributed by atoms with E-state index >= 15 is 0 Å². The maximum Gasteiger partial charge on any atom is 0.382 e. The number of carboxylic acids is 1. The minimum atomic E-state index is -1.35. The van der Waals surface area contributed by atoms with E-state index in [1.54, 1.807) is 0 Å².